The van der Waals surface area contributed by atoms with Crippen LogP contribution in [0.3, 0.4) is 0 Å². The number of rotatable bonds is 4. The van der Waals surface area contributed by atoms with Crippen LogP contribution in [0.5, 0.6) is 0 Å². The number of aliphatic hydroxyl groups excluding tert-OH is 1. The fourth-order valence-electron chi connectivity index (χ4n) is 5.13. The van der Waals surface area contributed by atoms with Crippen molar-refractivity contribution in [2.75, 3.05) is 6.61 Å². The van der Waals surface area contributed by atoms with Gasteiger partial charge in [0.25, 0.3) is 0 Å². The largest absolute Gasteiger partial charge is 0.394 e. The van der Waals surface area contributed by atoms with Crippen molar-refractivity contribution in [2.24, 2.45) is 23.7 Å². The van der Waals surface area contributed by atoms with Crippen molar-refractivity contribution in [3.63, 3.8) is 0 Å². The summed E-state index contributed by atoms with van der Waals surface area (Å²) in [6.07, 6.45) is 8.13. The van der Waals surface area contributed by atoms with Crippen molar-refractivity contribution in [3.05, 3.63) is 0 Å². The summed E-state index contributed by atoms with van der Waals surface area (Å²) in [5, 5.41) is 13.9. The molecule has 4 fully saturated rings. The van der Waals surface area contributed by atoms with Crippen LogP contribution in [0.25, 0.3) is 0 Å². The van der Waals surface area contributed by atoms with Crippen LogP contribution >= 0.6 is 0 Å². The summed E-state index contributed by atoms with van der Waals surface area (Å²) in [5.74, 6) is 3.46. The molecule has 0 spiro atoms. The van der Waals surface area contributed by atoms with Crippen molar-refractivity contribution in [2.45, 2.75) is 64.0 Å². The summed E-state index contributed by atoms with van der Waals surface area (Å²) in [7, 11) is 0. The maximum absolute atomic E-state index is 10.0. The van der Waals surface area contributed by atoms with Gasteiger partial charge in [-0.15, -0.1) is 0 Å². The fourth-order valence-corrected chi connectivity index (χ4v) is 5.13. The topological polar surface area (TPSA) is 32.3 Å². The number of nitrogens with one attached hydrogen (secondary N) is 1. The van der Waals surface area contributed by atoms with Crippen LogP contribution in [0.1, 0.15) is 52.4 Å². The Hall–Kier alpha value is -0.0800. The average molecular weight is 237 g/mol. The highest BCUT2D eigenvalue weighted by atomic mass is 16.3. The molecule has 4 aliphatic carbocycles. The fraction of sp³-hybridized carbons (Fsp3) is 1.00. The molecular weight excluding hydrogens is 210 g/mol. The van der Waals surface area contributed by atoms with E-state index in [0.717, 1.165) is 30.1 Å². The summed E-state index contributed by atoms with van der Waals surface area (Å²) >= 11 is 0. The quantitative estimate of drug-likeness (QED) is 0.787. The molecule has 0 aromatic rings. The van der Waals surface area contributed by atoms with Gasteiger partial charge in [0, 0.05) is 11.6 Å². The average Bonchev–Trinajstić information content (AvgIpc) is 2.33. The van der Waals surface area contributed by atoms with E-state index < -0.39 is 0 Å². The van der Waals surface area contributed by atoms with Gasteiger partial charge in [-0.2, -0.15) is 0 Å². The molecule has 0 amide bonds. The second-order valence-corrected chi connectivity index (χ2v) is 6.96. The molecule has 98 valence electrons. The molecule has 0 saturated heterocycles. The molecule has 17 heavy (non-hydrogen) atoms. The third kappa shape index (κ3) is 1.76. The Morgan fingerprint density at radius 3 is 2.06 bits per heavy atom. The Morgan fingerprint density at radius 2 is 1.65 bits per heavy atom. The molecule has 2 nitrogen and oxygen atoms in total. The zero-order chi connectivity index (χ0) is 12.0. The second-order valence-electron chi connectivity index (χ2n) is 6.96. The zero-order valence-corrected chi connectivity index (χ0v) is 11.3. The van der Waals surface area contributed by atoms with E-state index in [1.165, 1.54) is 32.1 Å². The molecule has 4 bridgehead atoms. The number of hydrogen-bond acceptors (Lipinski definition) is 2. The maximum atomic E-state index is 10.0. The van der Waals surface area contributed by atoms with Crippen LogP contribution in [0.4, 0.5) is 0 Å². The summed E-state index contributed by atoms with van der Waals surface area (Å²) in [5.41, 5.74) is 0.0723. The minimum absolute atomic E-state index is 0.0723. The van der Waals surface area contributed by atoms with E-state index in [1.807, 2.05) is 0 Å². The highest BCUT2D eigenvalue weighted by molar-refractivity contribution is 5.11. The Bertz CT molecular complexity index is 261. The van der Waals surface area contributed by atoms with Gasteiger partial charge in [-0.1, -0.05) is 6.92 Å². The highest BCUT2D eigenvalue weighted by Crippen LogP contribution is 2.58. The SMILES string of the molecule is CCC(C)NC1(CO)C2CC3CC(C2)CC1C3. The molecule has 4 rings (SSSR count). The lowest BCUT2D eigenvalue weighted by atomic mass is 9.48. The number of hydrogen-bond donors (Lipinski definition) is 2. The molecule has 0 aromatic heterocycles. The predicted octanol–water partition coefficient (Wildman–Crippen LogP) is 2.56. The van der Waals surface area contributed by atoms with Crippen LogP contribution < -0.4 is 5.32 Å². The first-order valence-corrected chi connectivity index (χ1v) is 7.56. The van der Waals surface area contributed by atoms with E-state index in [2.05, 4.69) is 19.2 Å². The monoisotopic (exact) mass is 237 g/mol. The Morgan fingerprint density at radius 1 is 1.12 bits per heavy atom. The predicted molar refractivity (Wildman–Crippen MR) is 69.8 cm³/mol. The van der Waals surface area contributed by atoms with Gasteiger partial charge >= 0.3 is 0 Å². The van der Waals surface area contributed by atoms with Crippen LogP contribution in [0.15, 0.2) is 0 Å². The summed E-state index contributed by atoms with van der Waals surface area (Å²) < 4.78 is 0. The smallest absolute Gasteiger partial charge is 0.0618 e. The van der Waals surface area contributed by atoms with Gasteiger partial charge in [-0.25, -0.2) is 0 Å². The molecule has 0 heterocycles. The summed E-state index contributed by atoms with van der Waals surface area (Å²) in [6, 6.07) is 0.541. The first-order valence-electron chi connectivity index (χ1n) is 7.56. The minimum atomic E-state index is 0.0723. The second kappa shape index (κ2) is 4.24. The first-order chi connectivity index (χ1) is 8.18. The zero-order valence-electron chi connectivity index (χ0n) is 11.3. The van der Waals surface area contributed by atoms with Crippen LogP contribution in [0.2, 0.25) is 0 Å². The third-order valence-electron chi connectivity index (χ3n) is 5.98. The maximum Gasteiger partial charge on any atom is 0.0618 e. The molecule has 1 unspecified atom stereocenters. The first kappa shape index (κ1) is 12.0. The summed E-state index contributed by atoms with van der Waals surface area (Å²) in [6.45, 7) is 4.85. The lowest BCUT2D eigenvalue weighted by Crippen LogP contribution is -2.68. The van der Waals surface area contributed by atoms with Crippen molar-refractivity contribution < 1.29 is 5.11 Å². The molecule has 1 atom stereocenters. The Labute approximate surface area is 105 Å². The van der Waals surface area contributed by atoms with E-state index >= 15 is 0 Å². The van der Waals surface area contributed by atoms with Crippen LogP contribution in [-0.4, -0.2) is 23.3 Å². The standard InChI is InChI=1S/C15H27NO/c1-3-10(2)16-15(9-17)13-5-11-4-12(7-13)8-14(15)6-11/h10-14,16-17H,3-9H2,1-2H3. The van der Waals surface area contributed by atoms with Crippen LogP contribution in [0, 0.1) is 23.7 Å². The molecule has 4 aliphatic rings. The minimum Gasteiger partial charge on any atom is -0.394 e. The van der Waals surface area contributed by atoms with E-state index in [-0.39, 0.29) is 5.54 Å². The van der Waals surface area contributed by atoms with Crippen molar-refractivity contribution in [1.29, 1.82) is 0 Å². The van der Waals surface area contributed by atoms with Gasteiger partial charge in [0.15, 0.2) is 0 Å². The molecule has 0 aromatic carbocycles. The normalized spacial score (nSPS) is 49.6. The Balaban J connectivity index is 1.84. The molecule has 2 N–H and O–H groups in total. The van der Waals surface area contributed by atoms with Crippen molar-refractivity contribution >= 4 is 0 Å². The van der Waals surface area contributed by atoms with Crippen molar-refractivity contribution in [3.8, 4) is 0 Å². The van der Waals surface area contributed by atoms with Gasteiger partial charge in [0.1, 0.15) is 0 Å². The van der Waals surface area contributed by atoms with E-state index in [4.69, 9.17) is 0 Å². The number of aliphatic hydroxyl groups is 1. The third-order valence-corrected chi connectivity index (χ3v) is 5.98. The van der Waals surface area contributed by atoms with Crippen molar-refractivity contribution in [1.82, 2.24) is 5.32 Å². The Kier molecular flexibility index (Phi) is 2.99. The van der Waals surface area contributed by atoms with Gasteiger partial charge in [0.05, 0.1) is 6.61 Å². The van der Waals surface area contributed by atoms with Crippen LogP contribution in [-0.2, 0) is 0 Å². The highest BCUT2D eigenvalue weighted by Gasteiger charge is 2.56. The summed E-state index contributed by atoms with van der Waals surface area (Å²) in [4.78, 5) is 0. The molecule has 0 aliphatic heterocycles. The van der Waals surface area contributed by atoms with E-state index in [9.17, 15) is 5.11 Å². The lowest BCUT2D eigenvalue weighted by molar-refractivity contribution is -0.0992. The van der Waals surface area contributed by atoms with E-state index in [0.29, 0.717) is 12.6 Å². The van der Waals surface area contributed by atoms with E-state index in [1.54, 1.807) is 0 Å². The molecular formula is C15H27NO. The van der Waals surface area contributed by atoms with Gasteiger partial charge in [-0.05, 0) is 69.1 Å². The molecule has 0 radical (unpaired) electrons. The van der Waals surface area contributed by atoms with Gasteiger partial charge in [-0.3, -0.25) is 0 Å². The molecule has 4 saturated carbocycles. The van der Waals surface area contributed by atoms with Gasteiger partial charge < -0.3 is 10.4 Å². The molecule has 2 heteroatoms. The van der Waals surface area contributed by atoms with Gasteiger partial charge in [0.2, 0.25) is 0 Å². The lowest BCUT2D eigenvalue weighted by Gasteiger charge is -2.61.